The number of hydrogen-bond acceptors (Lipinski definition) is 6. The Labute approximate surface area is 128 Å². The van der Waals surface area contributed by atoms with Gasteiger partial charge in [0.25, 0.3) is 17.7 Å². The highest BCUT2D eigenvalue weighted by Crippen LogP contribution is 2.27. The summed E-state index contributed by atoms with van der Waals surface area (Å²) in [6.45, 7) is 0. The molecular weight excluding hydrogens is 314 g/mol. The molecule has 0 spiro atoms. The van der Waals surface area contributed by atoms with Gasteiger partial charge >= 0.3 is 5.97 Å². The second-order valence-corrected chi connectivity index (χ2v) is 4.63. The molecule has 0 fully saturated rings. The second-order valence-electron chi connectivity index (χ2n) is 4.25. The summed E-state index contributed by atoms with van der Waals surface area (Å²) >= 11 is 5.86. The van der Waals surface area contributed by atoms with Gasteiger partial charge in [-0.15, -0.1) is 5.10 Å². The molecule has 0 aliphatic carbocycles. The first kappa shape index (κ1) is 14.1. The average molecular weight is 322 g/mol. The number of ether oxygens (including phenoxy) is 1. The van der Waals surface area contributed by atoms with E-state index in [9.17, 15) is 14.4 Å². The van der Waals surface area contributed by atoms with E-state index in [-0.39, 0.29) is 27.7 Å². The predicted molar refractivity (Wildman–Crippen MR) is 72.5 cm³/mol. The van der Waals surface area contributed by atoms with Gasteiger partial charge in [-0.1, -0.05) is 28.8 Å². The Morgan fingerprint density at radius 1 is 1.23 bits per heavy atom. The molecule has 0 atom stereocenters. The highest BCUT2D eigenvalue weighted by molar-refractivity contribution is 6.34. The fourth-order valence-electron chi connectivity index (χ4n) is 1.96. The number of imide groups is 1. The van der Waals surface area contributed by atoms with Crippen LogP contribution in [0.5, 0.6) is 5.88 Å². The van der Waals surface area contributed by atoms with E-state index in [1.165, 1.54) is 19.2 Å². The van der Waals surface area contributed by atoms with Crippen LogP contribution in [-0.2, 0) is 4.84 Å². The predicted octanol–water partition coefficient (Wildman–Crippen LogP) is 1.44. The summed E-state index contributed by atoms with van der Waals surface area (Å²) in [5, 5.41) is 6.24. The Hall–Kier alpha value is -2.87. The van der Waals surface area contributed by atoms with Crippen LogP contribution in [0.3, 0.4) is 0 Å². The molecule has 2 aromatic rings. The number of aromatic amines is 1. The van der Waals surface area contributed by atoms with Gasteiger partial charge in [-0.3, -0.25) is 14.7 Å². The van der Waals surface area contributed by atoms with Crippen molar-refractivity contribution < 1.29 is 24.0 Å². The van der Waals surface area contributed by atoms with Crippen LogP contribution in [0.2, 0.25) is 5.02 Å². The molecule has 0 saturated carbocycles. The fourth-order valence-corrected chi connectivity index (χ4v) is 2.20. The van der Waals surface area contributed by atoms with E-state index in [2.05, 4.69) is 10.2 Å². The monoisotopic (exact) mass is 321 g/mol. The second kappa shape index (κ2) is 5.15. The van der Waals surface area contributed by atoms with E-state index in [1.807, 2.05) is 0 Å². The molecule has 2 amide bonds. The summed E-state index contributed by atoms with van der Waals surface area (Å²) in [5.41, 5.74) is 0.0947. The number of rotatable bonds is 3. The standard InChI is InChI=1S/C13H8ClN3O5/c1-21-10-8(14)9(15-16-10)13(20)22-17-11(18)6-4-2-3-5-7(6)12(17)19/h2-5H,1H3,(H,15,16). The van der Waals surface area contributed by atoms with Crippen LogP contribution in [0.15, 0.2) is 24.3 Å². The van der Waals surface area contributed by atoms with Crippen molar-refractivity contribution >= 4 is 29.4 Å². The van der Waals surface area contributed by atoms with Crippen molar-refractivity contribution in [3.63, 3.8) is 0 Å². The summed E-state index contributed by atoms with van der Waals surface area (Å²) < 4.78 is 4.81. The highest BCUT2D eigenvalue weighted by atomic mass is 35.5. The molecule has 0 unspecified atom stereocenters. The molecule has 1 aromatic heterocycles. The van der Waals surface area contributed by atoms with Crippen molar-refractivity contribution in [3.8, 4) is 5.88 Å². The largest absolute Gasteiger partial charge is 0.479 e. The number of nitrogens with one attached hydrogen (secondary N) is 1. The SMILES string of the molecule is COc1n[nH]c(C(=O)ON2C(=O)c3ccccc3C2=O)c1Cl. The van der Waals surface area contributed by atoms with Crippen molar-refractivity contribution in [1.29, 1.82) is 0 Å². The first-order valence-electron chi connectivity index (χ1n) is 6.02. The number of halogens is 1. The summed E-state index contributed by atoms with van der Waals surface area (Å²) in [5.74, 6) is -2.49. The van der Waals surface area contributed by atoms with Crippen molar-refractivity contribution in [2.24, 2.45) is 0 Å². The quantitative estimate of drug-likeness (QED) is 0.858. The third-order valence-corrected chi connectivity index (χ3v) is 3.36. The Morgan fingerprint density at radius 2 is 1.82 bits per heavy atom. The molecule has 0 bridgehead atoms. The summed E-state index contributed by atoms with van der Waals surface area (Å²) in [6, 6.07) is 6.14. The van der Waals surface area contributed by atoms with Gasteiger partial charge in [-0.25, -0.2) is 4.79 Å². The van der Waals surface area contributed by atoms with Crippen LogP contribution in [0.1, 0.15) is 31.2 Å². The number of fused-ring (bicyclic) bond motifs is 1. The normalized spacial score (nSPS) is 13.3. The third kappa shape index (κ3) is 2.01. The van der Waals surface area contributed by atoms with E-state index in [0.717, 1.165) is 0 Å². The number of amides is 2. The number of hydroxylamine groups is 2. The number of hydrogen-bond donors (Lipinski definition) is 1. The highest BCUT2D eigenvalue weighted by Gasteiger charge is 2.39. The lowest BCUT2D eigenvalue weighted by Crippen LogP contribution is -2.32. The van der Waals surface area contributed by atoms with Crippen LogP contribution in [0, 0.1) is 0 Å². The molecule has 0 saturated heterocycles. The van der Waals surface area contributed by atoms with Gasteiger partial charge in [-0.2, -0.15) is 0 Å². The lowest BCUT2D eigenvalue weighted by atomic mass is 10.1. The lowest BCUT2D eigenvalue weighted by Gasteiger charge is -2.11. The van der Waals surface area contributed by atoms with Gasteiger partial charge in [0, 0.05) is 0 Å². The molecule has 2 heterocycles. The Kier molecular flexibility index (Phi) is 3.30. The van der Waals surface area contributed by atoms with Gasteiger partial charge < -0.3 is 9.57 Å². The number of carbonyl (C=O) groups excluding carboxylic acids is 3. The van der Waals surface area contributed by atoms with Gasteiger partial charge in [0.1, 0.15) is 5.02 Å². The van der Waals surface area contributed by atoms with Crippen LogP contribution in [0.25, 0.3) is 0 Å². The molecule has 1 aromatic carbocycles. The number of methoxy groups -OCH3 is 1. The first-order valence-corrected chi connectivity index (χ1v) is 6.40. The maximum Gasteiger partial charge on any atom is 0.383 e. The number of benzene rings is 1. The van der Waals surface area contributed by atoms with Crippen LogP contribution < -0.4 is 4.74 Å². The number of carbonyl (C=O) groups is 3. The molecule has 112 valence electrons. The summed E-state index contributed by atoms with van der Waals surface area (Å²) in [6.07, 6.45) is 0. The molecule has 0 radical (unpaired) electrons. The maximum absolute atomic E-state index is 12.1. The zero-order chi connectivity index (χ0) is 15.9. The summed E-state index contributed by atoms with van der Waals surface area (Å²) in [4.78, 5) is 41.0. The van der Waals surface area contributed by atoms with Crippen molar-refractivity contribution in [2.75, 3.05) is 7.11 Å². The lowest BCUT2D eigenvalue weighted by molar-refractivity contribution is -0.0588. The van der Waals surface area contributed by atoms with Crippen molar-refractivity contribution in [2.45, 2.75) is 0 Å². The number of H-pyrrole nitrogens is 1. The molecule has 1 aliphatic rings. The Bertz CT molecular complexity index is 766. The minimum Gasteiger partial charge on any atom is -0.479 e. The molecule has 1 aliphatic heterocycles. The molecule has 22 heavy (non-hydrogen) atoms. The molecular formula is C13H8ClN3O5. The maximum atomic E-state index is 12.1. The smallest absolute Gasteiger partial charge is 0.383 e. The minimum absolute atomic E-state index is 0.00372. The van der Waals surface area contributed by atoms with E-state index in [1.54, 1.807) is 12.1 Å². The van der Waals surface area contributed by atoms with E-state index in [4.69, 9.17) is 21.2 Å². The van der Waals surface area contributed by atoms with Crippen LogP contribution in [-0.4, -0.2) is 40.2 Å². The zero-order valence-corrected chi connectivity index (χ0v) is 11.9. The van der Waals surface area contributed by atoms with Crippen LogP contribution >= 0.6 is 11.6 Å². The molecule has 8 nitrogen and oxygen atoms in total. The first-order chi connectivity index (χ1) is 10.5. The van der Waals surface area contributed by atoms with Crippen molar-refractivity contribution in [3.05, 3.63) is 46.1 Å². The summed E-state index contributed by atoms with van der Waals surface area (Å²) in [7, 11) is 1.32. The topological polar surface area (TPSA) is 102 Å². The number of nitrogens with zero attached hydrogens (tertiary/aromatic N) is 2. The van der Waals surface area contributed by atoms with Gasteiger partial charge in [0.2, 0.25) is 0 Å². The van der Waals surface area contributed by atoms with Gasteiger partial charge in [-0.05, 0) is 12.1 Å². The fraction of sp³-hybridized carbons (Fsp3) is 0.0769. The van der Waals surface area contributed by atoms with E-state index < -0.39 is 17.8 Å². The van der Waals surface area contributed by atoms with Gasteiger partial charge in [0.15, 0.2) is 5.69 Å². The molecule has 3 rings (SSSR count). The Balaban J connectivity index is 1.85. The Morgan fingerprint density at radius 3 is 2.32 bits per heavy atom. The third-order valence-electron chi connectivity index (χ3n) is 3.00. The van der Waals surface area contributed by atoms with E-state index >= 15 is 0 Å². The molecule has 9 heteroatoms. The van der Waals surface area contributed by atoms with E-state index in [0.29, 0.717) is 5.06 Å². The van der Waals surface area contributed by atoms with Gasteiger partial charge in [0.05, 0.1) is 18.2 Å². The van der Waals surface area contributed by atoms with Crippen LogP contribution in [0.4, 0.5) is 0 Å². The van der Waals surface area contributed by atoms with Crippen molar-refractivity contribution in [1.82, 2.24) is 15.3 Å². The zero-order valence-electron chi connectivity index (χ0n) is 11.1. The minimum atomic E-state index is -1.03. The number of aromatic nitrogens is 2. The molecule has 1 N–H and O–H groups in total. The average Bonchev–Trinajstić information content (AvgIpc) is 3.01.